The molecule has 5 N–H and O–H groups in total. The highest BCUT2D eigenvalue weighted by Crippen LogP contribution is 2.39. The molecule has 0 radical (unpaired) electrons. The van der Waals surface area contributed by atoms with Gasteiger partial charge in [-0.2, -0.15) is 0 Å². The number of nitrogens with two attached hydrogens (primary N) is 2. The Bertz CT molecular complexity index is 381. The van der Waals surface area contributed by atoms with Gasteiger partial charge in [0.2, 0.25) is 0 Å². The fourth-order valence-corrected chi connectivity index (χ4v) is 2.86. The van der Waals surface area contributed by atoms with Crippen LogP contribution in [0, 0.1) is 11.3 Å². The fraction of sp³-hybridized carbons (Fsp3) is 0.778. The minimum atomic E-state index is -0.561. The molecule has 2 atom stereocenters. The van der Waals surface area contributed by atoms with Gasteiger partial charge >= 0.3 is 0 Å². The van der Waals surface area contributed by atoms with Crippen molar-refractivity contribution < 1.29 is 0 Å². The molecule has 0 aromatic heterocycles. The van der Waals surface area contributed by atoms with Crippen molar-refractivity contribution in [1.29, 1.82) is 0 Å². The molecule has 0 aliphatic rings. The highest BCUT2D eigenvalue weighted by Gasteiger charge is 2.30. The molecule has 0 rings (SSSR count). The first-order valence-electron chi connectivity index (χ1n) is 8.24. The summed E-state index contributed by atoms with van der Waals surface area (Å²) >= 11 is 0. The first-order chi connectivity index (χ1) is 9.61. The smallest absolute Gasteiger partial charge is 0.0936 e. The van der Waals surface area contributed by atoms with E-state index in [2.05, 4.69) is 52.9 Å². The number of hydrogen-bond acceptors (Lipinski definition) is 3. The van der Waals surface area contributed by atoms with Crippen LogP contribution in [-0.2, 0) is 0 Å². The lowest BCUT2D eigenvalue weighted by atomic mass is 9.70. The third-order valence-corrected chi connectivity index (χ3v) is 5.63. The number of hydrogen-bond donors (Lipinski definition) is 3. The molecule has 0 aliphatic carbocycles. The van der Waals surface area contributed by atoms with Gasteiger partial charge in [-0.25, -0.2) is 0 Å². The van der Waals surface area contributed by atoms with E-state index >= 15 is 0 Å². The van der Waals surface area contributed by atoms with E-state index in [0.29, 0.717) is 11.3 Å². The molecule has 0 aromatic rings. The predicted octanol–water partition coefficient (Wildman–Crippen LogP) is 3.91. The van der Waals surface area contributed by atoms with Crippen molar-refractivity contribution in [3.63, 3.8) is 0 Å². The lowest BCUT2D eigenvalue weighted by molar-refractivity contribution is 0.212. The quantitative estimate of drug-likeness (QED) is 0.470. The van der Waals surface area contributed by atoms with E-state index in [1.165, 1.54) is 18.4 Å². The summed E-state index contributed by atoms with van der Waals surface area (Å²) in [5.41, 5.74) is 15.5. The molecule has 2 unspecified atom stereocenters. The maximum Gasteiger partial charge on any atom is 0.0936 e. The Hall–Kier alpha value is -0.800. The summed E-state index contributed by atoms with van der Waals surface area (Å²) < 4.78 is 0. The zero-order valence-corrected chi connectivity index (χ0v) is 15.4. The molecule has 3 nitrogen and oxygen atoms in total. The van der Waals surface area contributed by atoms with Crippen LogP contribution >= 0.6 is 0 Å². The van der Waals surface area contributed by atoms with E-state index in [-0.39, 0.29) is 0 Å². The maximum absolute atomic E-state index is 6.47. The van der Waals surface area contributed by atoms with Crippen LogP contribution in [0.25, 0.3) is 0 Å². The number of nitrogens with one attached hydrogen (secondary N) is 1. The van der Waals surface area contributed by atoms with Crippen LogP contribution in [0.15, 0.2) is 22.9 Å². The van der Waals surface area contributed by atoms with Crippen LogP contribution in [-0.4, -0.2) is 12.7 Å². The van der Waals surface area contributed by atoms with Crippen molar-refractivity contribution in [2.75, 3.05) is 7.05 Å². The van der Waals surface area contributed by atoms with Gasteiger partial charge in [-0.05, 0) is 38.6 Å². The molecule has 0 heterocycles. The summed E-state index contributed by atoms with van der Waals surface area (Å²) in [5, 5.41) is 3.22. The van der Waals surface area contributed by atoms with E-state index in [9.17, 15) is 0 Å². The summed E-state index contributed by atoms with van der Waals surface area (Å²) in [6.45, 7) is 15.4. The molecular weight excluding hydrogens is 258 g/mol. The second kappa shape index (κ2) is 8.00. The molecule has 21 heavy (non-hydrogen) atoms. The van der Waals surface area contributed by atoms with E-state index in [1.807, 2.05) is 14.0 Å². The van der Waals surface area contributed by atoms with Crippen LogP contribution in [0.5, 0.6) is 0 Å². The van der Waals surface area contributed by atoms with Crippen molar-refractivity contribution >= 4 is 0 Å². The van der Waals surface area contributed by atoms with Crippen molar-refractivity contribution in [3.05, 3.63) is 22.9 Å². The molecule has 0 bridgehead atoms. The zero-order valence-electron chi connectivity index (χ0n) is 15.4. The first-order valence-corrected chi connectivity index (χ1v) is 8.24. The molecular formula is C18H37N3. The molecule has 0 saturated heterocycles. The minimum Gasteiger partial charge on any atom is -0.402 e. The largest absolute Gasteiger partial charge is 0.402 e. The van der Waals surface area contributed by atoms with Gasteiger partial charge < -0.3 is 11.5 Å². The monoisotopic (exact) mass is 295 g/mol. The topological polar surface area (TPSA) is 64.1 Å². The Morgan fingerprint density at radius 2 is 1.62 bits per heavy atom. The SMILES string of the molecule is CCC(N)(NC)C(C=C(C)C(C)C(C)(CC)CC)=C(C)N. The number of rotatable bonds is 8. The maximum atomic E-state index is 6.47. The van der Waals surface area contributed by atoms with Crippen molar-refractivity contribution in [2.24, 2.45) is 22.8 Å². The number of likely N-dealkylation sites (N-methyl/N-ethyl adjacent to an activating group) is 1. The summed E-state index contributed by atoms with van der Waals surface area (Å²) in [7, 11) is 1.89. The third kappa shape index (κ3) is 4.58. The second-order valence-corrected chi connectivity index (χ2v) is 6.64. The van der Waals surface area contributed by atoms with Gasteiger partial charge in [0.15, 0.2) is 0 Å². The van der Waals surface area contributed by atoms with Crippen molar-refractivity contribution in [2.45, 2.75) is 73.4 Å². The summed E-state index contributed by atoms with van der Waals surface area (Å²) in [5.74, 6) is 0.500. The van der Waals surface area contributed by atoms with E-state index in [1.54, 1.807) is 0 Å². The lowest BCUT2D eigenvalue weighted by Gasteiger charge is -2.36. The van der Waals surface area contributed by atoms with Gasteiger partial charge in [0, 0.05) is 11.3 Å². The molecule has 0 saturated carbocycles. The van der Waals surface area contributed by atoms with E-state index in [4.69, 9.17) is 11.5 Å². The van der Waals surface area contributed by atoms with Gasteiger partial charge in [-0.15, -0.1) is 0 Å². The molecule has 124 valence electrons. The van der Waals surface area contributed by atoms with Crippen LogP contribution in [0.3, 0.4) is 0 Å². The summed E-state index contributed by atoms with van der Waals surface area (Å²) in [6.07, 6.45) is 5.34. The average molecular weight is 296 g/mol. The molecule has 0 spiro atoms. The summed E-state index contributed by atoms with van der Waals surface area (Å²) in [6, 6.07) is 0. The first kappa shape index (κ1) is 20.2. The van der Waals surface area contributed by atoms with Crippen LogP contribution in [0.2, 0.25) is 0 Å². The lowest BCUT2D eigenvalue weighted by Crippen LogP contribution is -2.53. The van der Waals surface area contributed by atoms with Crippen molar-refractivity contribution in [3.8, 4) is 0 Å². The Morgan fingerprint density at radius 3 is 1.90 bits per heavy atom. The Kier molecular flexibility index (Phi) is 7.69. The second-order valence-electron chi connectivity index (χ2n) is 6.64. The zero-order chi connectivity index (χ0) is 16.8. The average Bonchev–Trinajstić information content (AvgIpc) is 2.49. The van der Waals surface area contributed by atoms with E-state index in [0.717, 1.165) is 17.7 Å². The van der Waals surface area contributed by atoms with Gasteiger partial charge in [-0.3, -0.25) is 5.32 Å². The van der Waals surface area contributed by atoms with Gasteiger partial charge in [-0.1, -0.05) is 59.1 Å². The Balaban J connectivity index is 5.68. The van der Waals surface area contributed by atoms with Gasteiger partial charge in [0.25, 0.3) is 0 Å². The van der Waals surface area contributed by atoms with Crippen LogP contribution < -0.4 is 16.8 Å². The Labute approximate surface area is 132 Å². The van der Waals surface area contributed by atoms with Crippen LogP contribution in [0.1, 0.15) is 67.7 Å². The van der Waals surface area contributed by atoms with E-state index < -0.39 is 5.66 Å². The Morgan fingerprint density at radius 1 is 1.14 bits per heavy atom. The third-order valence-electron chi connectivity index (χ3n) is 5.63. The minimum absolute atomic E-state index is 0.317. The highest BCUT2D eigenvalue weighted by molar-refractivity contribution is 5.36. The predicted molar refractivity (Wildman–Crippen MR) is 94.8 cm³/mol. The molecule has 0 fully saturated rings. The molecule has 0 amide bonds. The normalized spacial score (nSPS) is 19.0. The fourth-order valence-electron chi connectivity index (χ4n) is 2.86. The van der Waals surface area contributed by atoms with Gasteiger partial charge in [0.05, 0.1) is 5.66 Å². The van der Waals surface area contributed by atoms with Gasteiger partial charge in [0.1, 0.15) is 0 Å². The molecule has 0 aromatic carbocycles. The molecule has 0 aliphatic heterocycles. The number of allylic oxidation sites excluding steroid dienone is 2. The van der Waals surface area contributed by atoms with Crippen molar-refractivity contribution in [1.82, 2.24) is 5.32 Å². The summed E-state index contributed by atoms with van der Waals surface area (Å²) in [4.78, 5) is 0. The molecule has 3 heteroatoms. The van der Waals surface area contributed by atoms with Crippen LogP contribution in [0.4, 0.5) is 0 Å². The highest BCUT2D eigenvalue weighted by atomic mass is 15.1. The standard InChI is InChI=1S/C18H37N3/c1-9-17(7,10-2)14(5)13(4)12-16(15(6)19)18(20,11-3)21-8/h12,14,21H,9-11,19-20H2,1-8H3.